The fourth-order valence-corrected chi connectivity index (χ4v) is 1.68. The molecule has 19 heavy (non-hydrogen) atoms. The molecule has 6 nitrogen and oxygen atoms in total. The molecule has 1 saturated carbocycles. The van der Waals surface area contributed by atoms with Gasteiger partial charge in [-0.05, 0) is 30.9 Å². The number of rotatable bonds is 6. The zero-order valence-corrected chi connectivity index (χ0v) is 10.5. The molecule has 0 radical (unpaired) electrons. The Balaban J connectivity index is 1.94. The van der Waals surface area contributed by atoms with Gasteiger partial charge in [-0.1, -0.05) is 6.07 Å². The normalized spacial score (nSPS) is 13.9. The highest BCUT2D eigenvalue weighted by Gasteiger charge is 2.21. The van der Waals surface area contributed by atoms with Crippen molar-refractivity contribution in [2.24, 2.45) is 11.7 Å². The molecule has 0 heterocycles. The van der Waals surface area contributed by atoms with Crippen LogP contribution in [0.2, 0.25) is 0 Å². The number of nitrogens with one attached hydrogen (secondary N) is 1. The van der Waals surface area contributed by atoms with Gasteiger partial charge in [0.05, 0.1) is 11.3 Å². The highest BCUT2D eigenvalue weighted by atomic mass is 16.5. The van der Waals surface area contributed by atoms with Gasteiger partial charge in [0.25, 0.3) is 11.8 Å². The van der Waals surface area contributed by atoms with E-state index in [9.17, 15) is 9.59 Å². The van der Waals surface area contributed by atoms with Crippen LogP contribution in [0.4, 0.5) is 5.69 Å². The van der Waals surface area contributed by atoms with Crippen molar-refractivity contribution >= 4 is 17.5 Å². The van der Waals surface area contributed by atoms with E-state index >= 15 is 0 Å². The van der Waals surface area contributed by atoms with Crippen LogP contribution in [0, 0.1) is 5.92 Å². The topological polar surface area (TPSA) is 107 Å². The standard InChI is InChI=1S/C13H17N3O3/c14-10-3-1-2-9(13(15)18)12(10)19-7-11(17)16-6-8-4-5-8/h1-3,8H,4-7,14H2,(H2,15,18)(H,16,17). The van der Waals surface area contributed by atoms with E-state index in [0.29, 0.717) is 12.5 Å². The second-order valence-corrected chi connectivity index (χ2v) is 4.62. The molecular weight excluding hydrogens is 246 g/mol. The molecule has 0 spiro atoms. The summed E-state index contributed by atoms with van der Waals surface area (Å²) in [6.45, 7) is 0.496. The van der Waals surface area contributed by atoms with Gasteiger partial charge in [-0.2, -0.15) is 0 Å². The highest BCUT2D eigenvalue weighted by molar-refractivity contribution is 5.97. The number of para-hydroxylation sites is 1. The molecule has 0 unspecified atom stereocenters. The van der Waals surface area contributed by atoms with E-state index in [1.54, 1.807) is 12.1 Å². The summed E-state index contributed by atoms with van der Waals surface area (Å²) in [5.41, 5.74) is 11.4. The lowest BCUT2D eigenvalue weighted by Crippen LogP contribution is -2.31. The zero-order chi connectivity index (χ0) is 13.8. The first-order chi connectivity index (χ1) is 9.08. The van der Waals surface area contributed by atoms with Crippen molar-refractivity contribution in [2.75, 3.05) is 18.9 Å². The van der Waals surface area contributed by atoms with Crippen molar-refractivity contribution < 1.29 is 14.3 Å². The average molecular weight is 263 g/mol. The van der Waals surface area contributed by atoms with Crippen molar-refractivity contribution in [3.63, 3.8) is 0 Å². The second kappa shape index (κ2) is 5.60. The molecule has 1 aromatic rings. The molecule has 102 valence electrons. The van der Waals surface area contributed by atoms with Crippen LogP contribution in [-0.2, 0) is 4.79 Å². The van der Waals surface area contributed by atoms with E-state index < -0.39 is 5.91 Å². The van der Waals surface area contributed by atoms with Crippen LogP contribution >= 0.6 is 0 Å². The monoisotopic (exact) mass is 263 g/mol. The molecule has 2 rings (SSSR count). The Morgan fingerprint density at radius 1 is 1.37 bits per heavy atom. The summed E-state index contributed by atoms with van der Waals surface area (Å²) >= 11 is 0. The minimum absolute atomic E-state index is 0.163. The average Bonchev–Trinajstić information content (AvgIpc) is 3.18. The molecule has 6 heteroatoms. The number of carbonyl (C=O) groups is 2. The molecule has 0 aliphatic heterocycles. The first-order valence-corrected chi connectivity index (χ1v) is 6.15. The van der Waals surface area contributed by atoms with Crippen LogP contribution in [0.1, 0.15) is 23.2 Å². The number of hydrogen-bond donors (Lipinski definition) is 3. The van der Waals surface area contributed by atoms with Crippen molar-refractivity contribution in [1.29, 1.82) is 0 Å². The molecule has 0 aromatic heterocycles. The predicted octanol–water partition coefficient (Wildman–Crippen LogP) is 0.273. The Morgan fingerprint density at radius 2 is 2.11 bits per heavy atom. The second-order valence-electron chi connectivity index (χ2n) is 4.62. The Bertz CT molecular complexity index is 498. The zero-order valence-electron chi connectivity index (χ0n) is 10.5. The van der Waals surface area contributed by atoms with Gasteiger partial charge in [0.1, 0.15) is 0 Å². The molecule has 1 aliphatic rings. The third-order valence-corrected chi connectivity index (χ3v) is 2.94. The number of primary amides is 1. The van der Waals surface area contributed by atoms with Gasteiger partial charge in [0.15, 0.2) is 12.4 Å². The van der Waals surface area contributed by atoms with Gasteiger partial charge < -0.3 is 21.5 Å². The number of ether oxygens (including phenoxy) is 1. The Kier molecular flexibility index (Phi) is 3.89. The third kappa shape index (κ3) is 3.61. The fraction of sp³-hybridized carbons (Fsp3) is 0.385. The minimum atomic E-state index is -0.638. The maximum Gasteiger partial charge on any atom is 0.257 e. The molecular formula is C13H17N3O3. The predicted molar refractivity (Wildman–Crippen MR) is 70.6 cm³/mol. The Hall–Kier alpha value is -2.24. The summed E-state index contributed by atoms with van der Waals surface area (Å²) in [6.07, 6.45) is 2.33. The van der Waals surface area contributed by atoms with Crippen molar-refractivity contribution in [2.45, 2.75) is 12.8 Å². The number of amides is 2. The van der Waals surface area contributed by atoms with Crippen LogP contribution in [0.25, 0.3) is 0 Å². The Morgan fingerprint density at radius 3 is 2.74 bits per heavy atom. The largest absolute Gasteiger partial charge is 0.481 e. The van der Waals surface area contributed by atoms with Gasteiger partial charge in [-0.15, -0.1) is 0 Å². The van der Waals surface area contributed by atoms with E-state index in [0.717, 1.165) is 0 Å². The summed E-state index contributed by atoms with van der Waals surface area (Å²) in [5, 5.41) is 2.76. The summed E-state index contributed by atoms with van der Waals surface area (Å²) in [5.74, 6) is -0.102. The number of benzene rings is 1. The third-order valence-electron chi connectivity index (χ3n) is 2.94. The van der Waals surface area contributed by atoms with Crippen LogP contribution in [0.5, 0.6) is 5.75 Å². The highest BCUT2D eigenvalue weighted by Crippen LogP contribution is 2.28. The van der Waals surface area contributed by atoms with E-state index in [1.807, 2.05) is 0 Å². The van der Waals surface area contributed by atoms with E-state index in [2.05, 4.69) is 5.32 Å². The lowest BCUT2D eigenvalue weighted by atomic mass is 10.1. The lowest BCUT2D eigenvalue weighted by molar-refractivity contribution is -0.123. The molecule has 2 amide bonds. The van der Waals surface area contributed by atoms with E-state index in [4.69, 9.17) is 16.2 Å². The SMILES string of the molecule is NC(=O)c1cccc(N)c1OCC(=O)NCC1CC1. The van der Waals surface area contributed by atoms with Crippen LogP contribution in [-0.4, -0.2) is 25.0 Å². The minimum Gasteiger partial charge on any atom is -0.481 e. The maximum absolute atomic E-state index is 11.5. The fourth-order valence-electron chi connectivity index (χ4n) is 1.68. The smallest absolute Gasteiger partial charge is 0.257 e. The number of hydrogen-bond acceptors (Lipinski definition) is 4. The maximum atomic E-state index is 11.5. The first-order valence-electron chi connectivity index (χ1n) is 6.15. The van der Waals surface area contributed by atoms with Gasteiger partial charge >= 0.3 is 0 Å². The molecule has 1 aliphatic carbocycles. The molecule has 1 fully saturated rings. The van der Waals surface area contributed by atoms with Gasteiger partial charge in [-0.3, -0.25) is 9.59 Å². The lowest BCUT2D eigenvalue weighted by Gasteiger charge is -2.12. The molecule has 0 bridgehead atoms. The summed E-state index contributed by atoms with van der Waals surface area (Å²) in [7, 11) is 0. The van der Waals surface area contributed by atoms with Crippen molar-refractivity contribution in [1.82, 2.24) is 5.32 Å². The summed E-state index contributed by atoms with van der Waals surface area (Å²) < 4.78 is 5.31. The van der Waals surface area contributed by atoms with Gasteiger partial charge in [-0.25, -0.2) is 0 Å². The molecule has 1 aromatic carbocycles. The first kappa shape index (κ1) is 13.2. The van der Waals surface area contributed by atoms with Crippen molar-refractivity contribution in [3.8, 4) is 5.75 Å². The Labute approximate surface area is 111 Å². The number of nitrogen functional groups attached to an aromatic ring is 1. The number of anilines is 1. The number of nitrogens with two attached hydrogens (primary N) is 2. The molecule has 0 atom stereocenters. The quantitative estimate of drug-likeness (QED) is 0.640. The van der Waals surface area contributed by atoms with Crippen molar-refractivity contribution in [3.05, 3.63) is 23.8 Å². The molecule has 0 saturated heterocycles. The van der Waals surface area contributed by atoms with E-state index in [-0.39, 0.29) is 29.5 Å². The van der Waals surface area contributed by atoms with Crippen LogP contribution < -0.4 is 21.5 Å². The summed E-state index contributed by atoms with van der Waals surface area (Å²) in [6, 6.07) is 4.70. The van der Waals surface area contributed by atoms with Crippen LogP contribution in [0.15, 0.2) is 18.2 Å². The van der Waals surface area contributed by atoms with Gasteiger partial charge in [0.2, 0.25) is 0 Å². The van der Waals surface area contributed by atoms with Gasteiger partial charge in [0, 0.05) is 6.54 Å². The summed E-state index contributed by atoms with van der Waals surface area (Å²) in [4.78, 5) is 22.8. The number of carbonyl (C=O) groups excluding carboxylic acids is 2. The van der Waals surface area contributed by atoms with E-state index in [1.165, 1.54) is 18.9 Å². The van der Waals surface area contributed by atoms with Crippen LogP contribution in [0.3, 0.4) is 0 Å². The molecule has 5 N–H and O–H groups in total.